The normalized spacial score (nSPS) is 10.9. The van der Waals surface area contributed by atoms with E-state index in [2.05, 4.69) is 16.6 Å². The quantitative estimate of drug-likeness (QED) is 0.368. The highest BCUT2D eigenvalue weighted by molar-refractivity contribution is 5.87. The van der Waals surface area contributed by atoms with Crippen LogP contribution < -0.4 is 0 Å². The SMILES string of the molecule is CCCCCCCCCCCCCc1c[nH]c(C(=O)OC)c1F. The van der Waals surface area contributed by atoms with Gasteiger partial charge in [0.05, 0.1) is 7.11 Å². The second-order valence-electron chi connectivity index (χ2n) is 6.28. The summed E-state index contributed by atoms with van der Waals surface area (Å²) in [6.07, 6.45) is 16.3. The summed E-state index contributed by atoms with van der Waals surface area (Å²) >= 11 is 0. The number of esters is 1. The van der Waals surface area contributed by atoms with Crippen LogP contribution in [0, 0.1) is 5.82 Å². The van der Waals surface area contributed by atoms with Crippen LogP contribution in [0.5, 0.6) is 0 Å². The molecule has 1 aromatic heterocycles. The number of carbonyl (C=O) groups excluding carboxylic acids is 1. The van der Waals surface area contributed by atoms with Crippen LogP contribution in [0.25, 0.3) is 0 Å². The monoisotopic (exact) mass is 325 g/mol. The Morgan fingerprint density at radius 2 is 1.52 bits per heavy atom. The lowest BCUT2D eigenvalue weighted by Crippen LogP contribution is -2.04. The number of H-pyrrole nitrogens is 1. The van der Waals surface area contributed by atoms with E-state index in [-0.39, 0.29) is 5.69 Å². The highest BCUT2D eigenvalue weighted by Gasteiger charge is 2.17. The number of rotatable bonds is 13. The Hall–Kier alpha value is -1.32. The maximum Gasteiger partial charge on any atom is 0.357 e. The summed E-state index contributed by atoms with van der Waals surface area (Å²) in [5.74, 6) is -1.10. The van der Waals surface area contributed by atoms with E-state index in [4.69, 9.17) is 0 Å². The Labute approximate surface area is 140 Å². The smallest absolute Gasteiger partial charge is 0.357 e. The van der Waals surface area contributed by atoms with Crippen molar-refractivity contribution in [3.8, 4) is 0 Å². The molecule has 132 valence electrons. The number of halogens is 1. The topological polar surface area (TPSA) is 42.1 Å². The van der Waals surface area contributed by atoms with Crippen LogP contribution in [0.3, 0.4) is 0 Å². The number of aromatic nitrogens is 1. The second-order valence-corrected chi connectivity index (χ2v) is 6.28. The Morgan fingerprint density at radius 1 is 1.00 bits per heavy atom. The summed E-state index contributed by atoms with van der Waals surface area (Å²) in [5, 5.41) is 0. The molecule has 0 amide bonds. The van der Waals surface area contributed by atoms with E-state index >= 15 is 0 Å². The maximum absolute atomic E-state index is 13.9. The van der Waals surface area contributed by atoms with Gasteiger partial charge in [-0.05, 0) is 12.8 Å². The second kappa shape index (κ2) is 12.1. The minimum Gasteiger partial charge on any atom is -0.464 e. The van der Waals surface area contributed by atoms with Gasteiger partial charge in [0.1, 0.15) is 0 Å². The third-order valence-electron chi connectivity index (χ3n) is 4.33. The first kappa shape index (κ1) is 19.7. The molecular formula is C19H32FNO2. The zero-order chi connectivity index (χ0) is 16.9. The number of hydrogen-bond donors (Lipinski definition) is 1. The largest absolute Gasteiger partial charge is 0.464 e. The molecule has 23 heavy (non-hydrogen) atoms. The number of methoxy groups -OCH3 is 1. The molecule has 0 aliphatic rings. The van der Waals surface area contributed by atoms with E-state index in [9.17, 15) is 9.18 Å². The van der Waals surface area contributed by atoms with Gasteiger partial charge in [-0.15, -0.1) is 0 Å². The molecule has 0 aromatic carbocycles. The molecule has 0 atom stereocenters. The summed E-state index contributed by atoms with van der Waals surface area (Å²) in [4.78, 5) is 14.0. The maximum atomic E-state index is 13.9. The lowest BCUT2D eigenvalue weighted by molar-refractivity contribution is 0.0589. The van der Waals surface area contributed by atoms with Gasteiger partial charge in [-0.25, -0.2) is 9.18 Å². The van der Waals surface area contributed by atoms with E-state index < -0.39 is 11.8 Å². The first-order chi connectivity index (χ1) is 11.2. The number of aryl methyl sites for hydroxylation is 1. The fourth-order valence-electron chi connectivity index (χ4n) is 2.86. The van der Waals surface area contributed by atoms with Crippen LogP contribution in [0.1, 0.15) is 93.6 Å². The molecule has 0 aliphatic carbocycles. The number of aromatic amines is 1. The van der Waals surface area contributed by atoms with E-state index in [1.807, 2.05) is 0 Å². The summed E-state index contributed by atoms with van der Waals surface area (Å²) < 4.78 is 18.5. The van der Waals surface area contributed by atoms with Crippen molar-refractivity contribution in [1.29, 1.82) is 0 Å². The molecule has 0 aliphatic heterocycles. The molecule has 0 saturated carbocycles. The van der Waals surface area contributed by atoms with Gasteiger partial charge in [0, 0.05) is 11.8 Å². The van der Waals surface area contributed by atoms with E-state index in [0.29, 0.717) is 12.0 Å². The highest BCUT2D eigenvalue weighted by atomic mass is 19.1. The van der Waals surface area contributed by atoms with Crippen molar-refractivity contribution in [3.05, 3.63) is 23.3 Å². The fourth-order valence-corrected chi connectivity index (χ4v) is 2.86. The van der Waals surface area contributed by atoms with E-state index in [0.717, 1.165) is 12.8 Å². The van der Waals surface area contributed by atoms with Crippen molar-refractivity contribution >= 4 is 5.97 Å². The molecule has 0 bridgehead atoms. The molecule has 4 heteroatoms. The van der Waals surface area contributed by atoms with Gasteiger partial charge in [-0.1, -0.05) is 71.1 Å². The lowest BCUT2D eigenvalue weighted by Gasteiger charge is -2.02. The number of carbonyl (C=O) groups is 1. The Kier molecular flexibility index (Phi) is 10.4. The molecule has 1 aromatic rings. The predicted octanol–water partition coefficient (Wildman–Crippen LogP) is 5.79. The fraction of sp³-hybridized carbons (Fsp3) is 0.737. The van der Waals surface area contributed by atoms with Crippen molar-refractivity contribution in [3.63, 3.8) is 0 Å². The standard InChI is InChI=1S/C19H32FNO2/c1-3-4-5-6-7-8-9-10-11-12-13-14-16-15-21-18(17(16)20)19(22)23-2/h15,21H,3-14H2,1-2H3. The van der Waals surface area contributed by atoms with E-state index in [1.54, 1.807) is 6.20 Å². The van der Waals surface area contributed by atoms with Crippen molar-refractivity contribution < 1.29 is 13.9 Å². The molecular weight excluding hydrogens is 293 g/mol. The molecule has 0 saturated heterocycles. The number of hydrogen-bond acceptors (Lipinski definition) is 2. The van der Waals surface area contributed by atoms with Crippen LogP contribution in [-0.4, -0.2) is 18.1 Å². The molecule has 1 N–H and O–H groups in total. The third kappa shape index (κ3) is 7.67. The van der Waals surface area contributed by atoms with Gasteiger partial charge in [0.15, 0.2) is 11.5 Å². The summed E-state index contributed by atoms with van der Waals surface area (Å²) in [5.41, 5.74) is 0.520. The number of nitrogens with one attached hydrogen (secondary N) is 1. The first-order valence-corrected chi connectivity index (χ1v) is 9.14. The van der Waals surface area contributed by atoms with Crippen LogP contribution in [0.15, 0.2) is 6.20 Å². The van der Waals surface area contributed by atoms with Gasteiger partial charge in [0.25, 0.3) is 0 Å². The van der Waals surface area contributed by atoms with Crippen LogP contribution in [0.2, 0.25) is 0 Å². The van der Waals surface area contributed by atoms with Gasteiger partial charge in [-0.3, -0.25) is 0 Å². The van der Waals surface area contributed by atoms with Crippen LogP contribution in [0.4, 0.5) is 4.39 Å². The number of unbranched alkanes of at least 4 members (excludes halogenated alkanes) is 10. The molecule has 0 spiro atoms. The molecule has 0 unspecified atom stereocenters. The lowest BCUT2D eigenvalue weighted by atomic mass is 10.0. The van der Waals surface area contributed by atoms with Crippen molar-refractivity contribution in [2.75, 3.05) is 7.11 Å². The third-order valence-corrected chi connectivity index (χ3v) is 4.33. The minimum atomic E-state index is -0.646. The molecule has 3 nitrogen and oxygen atoms in total. The molecule has 0 fully saturated rings. The number of ether oxygens (including phenoxy) is 1. The molecule has 0 radical (unpaired) electrons. The Morgan fingerprint density at radius 3 is 2.04 bits per heavy atom. The van der Waals surface area contributed by atoms with Crippen LogP contribution >= 0.6 is 0 Å². The van der Waals surface area contributed by atoms with Gasteiger partial charge in [-0.2, -0.15) is 0 Å². The zero-order valence-electron chi connectivity index (χ0n) is 14.8. The predicted molar refractivity (Wildman–Crippen MR) is 92.3 cm³/mol. The van der Waals surface area contributed by atoms with Gasteiger partial charge < -0.3 is 9.72 Å². The Bertz CT molecular complexity index is 443. The van der Waals surface area contributed by atoms with Gasteiger partial charge in [0.2, 0.25) is 0 Å². The van der Waals surface area contributed by atoms with Crippen molar-refractivity contribution in [2.24, 2.45) is 0 Å². The summed E-state index contributed by atoms with van der Waals surface area (Å²) in [7, 11) is 1.26. The molecule has 1 rings (SSSR count). The zero-order valence-corrected chi connectivity index (χ0v) is 14.8. The minimum absolute atomic E-state index is 0.0643. The van der Waals surface area contributed by atoms with Crippen molar-refractivity contribution in [2.45, 2.75) is 84.0 Å². The Balaban J connectivity index is 2.03. The van der Waals surface area contributed by atoms with E-state index in [1.165, 1.54) is 64.9 Å². The van der Waals surface area contributed by atoms with Crippen molar-refractivity contribution in [1.82, 2.24) is 4.98 Å². The molecule has 1 heterocycles. The highest BCUT2D eigenvalue weighted by Crippen LogP contribution is 2.17. The summed E-state index contributed by atoms with van der Waals surface area (Å²) in [6, 6.07) is 0. The average Bonchev–Trinajstić information content (AvgIpc) is 2.93. The average molecular weight is 325 g/mol. The van der Waals surface area contributed by atoms with Crippen LogP contribution in [-0.2, 0) is 11.2 Å². The summed E-state index contributed by atoms with van der Waals surface area (Å²) in [6.45, 7) is 2.25. The first-order valence-electron chi connectivity index (χ1n) is 9.14. The van der Waals surface area contributed by atoms with Gasteiger partial charge >= 0.3 is 5.97 Å².